The summed E-state index contributed by atoms with van der Waals surface area (Å²) in [5, 5.41) is 7.96. The van der Waals surface area contributed by atoms with Crippen LogP contribution in [0.4, 0.5) is 17.6 Å². The number of fused-ring (bicyclic) bond motifs is 1. The largest absolute Gasteiger partial charge is 0.456 e. The lowest BCUT2D eigenvalue weighted by atomic mass is 9.83. The standard InChI is InChI=1S/C23H23F4N3O5/c1-13(2)22(10-17(30-35-22)20-15-6-4-3-5-14(15)7-8-28-20)21(33)29-16(18(31)11-24)9-19(32)34-12-23(25,26)27/h3-8,13,16H,9-12H2,1-2H3,(H,29,33)/t16-,22+/m0/s1. The molecule has 0 aliphatic carbocycles. The first kappa shape index (κ1) is 26.0. The van der Waals surface area contributed by atoms with Gasteiger partial charge in [-0.05, 0) is 11.5 Å². The highest BCUT2D eigenvalue weighted by molar-refractivity contribution is 6.12. The maximum Gasteiger partial charge on any atom is 0.422 e. The molecule has 0 radical (unpaired) electrons. The third-order valence-electron chi connectivity index (χ3n) is 5.61. The lowest BCUT2D eigenvalue weighted by Crippen LogP contribution is -2.56. The van der Waals surface area contributed by atoms with Crippen LogP contribution in [-0.4, -0.2) is 59.5 Å². The van der Waals surface area contributed by atoms with Gasteiger partial charge in [-0.1, -0.05) is 43.3 Å². The highest BCUT2D eigenvalue weighted by Gasteiger charge is 2.51. The highest BCUT2D eigenvalue weighted by atomic mass is 19.4. The lowest BCUT2D eigenvalue weighted by molar-refractivity contribution is -0.186. The Morgan fingerprint density at radius 2 is 1.91 bits per heavy atom. The van der Waals surface area contributed by atoms with Crippen molar-refractivity contribution in [2.75, 3.05) is 13.3 Å². The van der Waals surface area contributed by atoms with Crippen LogP contribution in [0.25, 0.3) is 10.8 Å². The number of carbonyl (C=O) groups excluding carboxylic acids is 3. The summed E-state index contributed by atoms with van der Waals surface area (Å²) in [6.07, 6.45) is -4.22. The topological polar surface area (TPSA) is 107 Å². The Hall–Kier alpha value is -3.57. The fourth-order valence-electron chi connectivity index (χ4n) is 3.63. The maximum atomic E-state index is 13.2. The van der Waals surface area contributed by atoms with E-state index < -0.39 is 61.1 Å². The van der Waals surface area contributed by atoms with E-state index in [4.69, 9.17) is 4.84 Å². The molecule has 2 aromatic rings. The second-order valence-electron chi connectivity index (χ2n) is 8.34. The smallest absolute Gasteiger partial charge is 0.422 e. The van der Waals surface area contributed by atoms with Crippen LogP contribution in [0.2, 0.25) is 0 Å². The average Bonchev–Trinajstić information content (AvgIpc) is 3.28. The number of pyridine rings is 1. The van der Waals surface area contributed by atoms with Gasteiger partial charge in [0.25, 0.3) is 5.91 Å². The van der Waals surface area contributed by atoms with Crippen LogP contribution < -0.4 is 5.32 Å². The maximum absolute atomic E-state index is 13.2. The van der Waals surface area contributed by atoms with Crippen LogP contribution in [0.15, 0.2) is 41.7 Å². The van der Waals surface area contributed by atoms with Gasteiger partial charge in [-0.25, -0.2) is 4.39 Å². The zero-order valence-electron chi connectivity index (χ0n) is 18.9. The average molecular weight is 497 g/mol. The molecule has 1 N–H and O–H groups in total. The number of alkyl halides is 4. The molecule has 1 amide bonds. The van der Waals surface area contributed by atoms with Crippen LogP contribution in [-0.2, 0) is 24.0 Å². The molecule has 1 aromatic carbocycles. The molecule has 8 nitrogen and oxygen atoms in total. The first-order valence-corrected chi connectivity index (χ1v) is 10.7. The molecule has 0 bridgehead atoms. The summed E-state index contributed by atoms with van der Waals surface area (Å²) in [6.45, 7) is -0.0877. The van der Waals surface area contributed by atoms with Gasteiger partial charge in [0.15, 0.2) is 12.4 Å². The number of oxime groups is 1. The van der Waals surface area contributed by atoms with E-state index in [1.54, 1.807) is 20.0 Å². The SMILES string of the molecule is CC(C)[C@@]1(C(=O)N[C@@H](CC(=O)OCC(F)(F)F)C(=O)CF)CC(c2nccc3ccccc23)=NO1. The molecule has 2 atom stereocenters. The van der Waals surface area contributed by atoms with Gasteiger partial charge < -0.3 is 14.9 Å². The van der Waals surface area contributed by atoms with Crippen LogP contribution in [0.5, 0.6) is 0 Å². The van der Waals surface area contributed by atoms with E-state index >= 15 is 0 Å². The molecule has 1 aromatic heterocycles. The number of rotatable bonds is 9. The molecule has 3 rings (SSSR count). The van der Waals surface area contributed by atoms with E-state index in [1.807, 2.05) is 30.3 Å². The van der Waals surface area contributed by atoms with Gasteiger partial charge in [0.05, 0.1) is 12.1 Å². The number of ketones is 1. The van der Waals surface area contributed by atoms with Crippen LogP contribution in [0.3, 0.4) is 0 Å². The van der Waals surface area contributed by atoms with E-state index in [2.05, 4.69) is 20.2 Å². The Bertz CT molecular complexity index is 1150. The third kappa shape index (κ3) is 5.92. The molecule has 0 saturated carbocycles. The number of Topliss-reactive ketones (excluding diaryl/α,β-unsaturated/α-hetero) is 1. The van der Waals surface area contributed by atoms with E-state index in [9.17, 15) is 31.9 Å². The van der Waals surface area contributed by atoms with Crippen molar-refractivity contribution in [3.63, 3.8) is 0 Å². The predicted octanol–water partition coefficient (Wildman–Crippen LogP) is 3.27. The van der Waals surface area contributed by atoms with Gasteiger partial charge in [0.2, 0.25) is 5.60 Å². The molecule has 0 unspecified atom stereocenters. The molecule has 0 saturated heterocycles. The van der Waals surface area contributed by atoms with Gasteiger partial charge in [-0.3, -0.25) is 19.4 Å². The Kier molecular flexibility index (Phi) is 7.71. The number of esters is 1. The number of nitrogens with one attached hydrogen (secondary N) is 1. The number of hydrogen-bond donors (Lipinski definition) is 1. The molecule has 12 heteroatoms. The number of benzene rings is 1. The summed E-state index contributed by atoms with van der Waals surface area (Å²) in [6, 6.07) is 7.45. The number of carbonyl (C=O) groups is 3. The van der Waals surface area contributed by atoms with Crippen molar-refractivity contribution in [2.45, 2.75) is 44.5 Å². The monoisotopic (exact) mass is 497 g/mol. The molecule has 1 aliphatic rings. The quantitative estimate of drug-likeness (QED) is 0.421. The minimum atomic E-state index is -4.78. The molecular weight excluding hydrogens is 474 g/mol. The highest BCUT2D eigenvalue weighted by Crippen LogP contribution is 2.35. The van der Waals surface area contributed by atoms with Crippen molar-refractivity contribution in [3.05, 3.63) is 42.2 Å². The Morgan fingerprint density at radius 3 is 2.57 bits per heavy atom. The summed E-state index contributed by atoms with van der Waals surface area (Å²) in [5.74, 6) is -3.99. The van der Waals surface area contributed by atoms with Crippen LogP contribution >= 0.6 is 0 Å². The van der Waals surface area contributed by atoms with Crippen molar-refractivity contribution in [2.24, 2.45) is 11.1 Å². The third-order valence-corrected chi connectivity index (χ3v) is 5.61. The fraction of sp³-hybridized carbons (Fsp3) is 0.435. The van der Waals surface area contributed by atoms with Gasteiger partial charge >= 0.3 is 12.1 Å². The number of halogens is 4. The van der Waals surface area contributed by atoms with E-state index in [-0.39, 0.29) is 6.42 Å². The zero-order chi connectivity index (χ0) is 25.8. The summed E-state index contributed by atoms with van der Waals surface area (Å²) >= 11 is 0. The van der Waals surface area contributed by atoms with E-state index in [1.165, 1.54) is 0 Å². The summed E-state index contributed by atoms with van der Waals surface area (Å²) in [5.41, 5.74) is -0.771. The minimum absolute atomic E-state index is 0.0490. The van der Waals surface area contributed by atoms with Crippen molar-refractivity contribution in [3.8, 4) is 0 Å². The van der Waals surface area contributed by atoms with Crippen LogP contribution in [0, 0.1) is 5.92 Å². The van der Waals surface area contributed by atoms with Crippen LogP contribution in [0.1, 0.15) is 32.4 Å². The first-order chi connectivity index (χ1) is 16.5. The Morgan fingerprint density at radius 1 is 1.20 bits per heavy atom. The molecular formula is C23H23F4N3O5. The summed E-state index contributed by atoms with van der Waals surface area (Å²) < 4.78 is 54.0. The summed E-state index contributed by atoms with van der Waals surface area (Å²) in [7, 11) is 0. The Labute approximate surface area is 197 Å². The number of nitrogens with zero attached hydrogens (tertiary/aromatic N) is 2. The number of ether oxygens (including phenoxy) is 1. The number of hydrogen-bond acceptors (Lipinski definition) is 7. The molecule has 0 spiro atoms. The van der Waals surface area contributed by atoms with Crippen molar-refractivity contribution in [1.29, 1.82) is 0 Å². The Balaban J connectivity index is 1.79. The zero-order valence-corrected chi connectivity index (χ0v) is 18.9. The van der Waals surface area contributed by atoms with E-state index in [0.29, 0.717) is 11.4 Å². The van der Waals surface area contributed by atoms with Gasteiger partial charge in [0.1, 0.15) is 18.4 Å². The molecule has 35 heavy (non-hydrogen) atoms. The second-order valence-corrected chi connectivity index (χ2v) is 8.34. The van der Waals surface area contributed by atoms with E-state index in [0.717, 1.165) is 10.8 Å². The minimum Gasteiger partial charge on any atom is -0.456 e. The summed E-state index contributed by atoms with van der Waals surface area (Å²) in [4.78, 5) is 46.9. The molecule has 1 aliphatic heterocycles. The fourth-order valence-corrected chi connectivity index (χ4v) is 3.63. The van der Waals surface area contributed by atoms with Gasteiger partial charge in [-0.2, -0.15) is 13.2 Å². The number of amides is 1. The first-order valence-electron chi connectivity index (χ1n) is 10.7. The molecule has 2 heterocycles. The molecule has 0 fully saturated rings. The molecule has 188 valence electrons. The predicted molar refractivity (Wildman–Crippen MR) is 116 cm³/mol. The van der Waals surface area contributed by atoms with Crippen molar-refractivity contribution >= 4 is 34.1 Å². The lowest BCUT2D eigenvalue weighted by Gasteiger charge is -2.30. The van der Waals surface area contributed by atoms with Crippen molar-refractivity contribution < 1.29 is 41.5 Å². The van der Waals surface area contributed by atoms with Gasteiger partial charge in [0, 0.05) is 23.9 Å². The van der Waals surface area contributed by atoms with Crippen molar-refractivity contribution in [1.82, 2.24) is 10.3 Å². The number of aromatic nitrogens is 1. The second kappa shape index (κ2) is 10.4. The normalized spacial score (nSPS) is 18.7. The van der Waals surface area contributed by atoms with Gasteiger partial charge in [-0.15, -0.1) is 0 Å².